The van der Waals surface area contributed by atoms with Gasteiger partial charge in [0, 0.05) is 6.54 Å². The Hall–Kier alpha value is -1.97. The van der Waals surface area contributed by atoms with Crippen LogP contribution in [0.1, 0.15) is 28.4 Å². The van der Waals surface area contributed by atoms with E-state index in [1.807, 2.05) is 30.3 Å². The Labute approximate surface area is 155 Å². The Balaban J connectivity index is 1.43. The summed E-state index contributed by atoms with van der Waals surface area (Å²) in [4.78, 5) is 12.5. The number of aliphatic hydroxyl groups excluding tert-OH is 2. The van der Waals surface area contributed by atoms with E-state index in [9.17, 15) is 15.0 Å². The van der Waals surface area contributed by atoms with Gasteiger partial charge < -0.3 is 29.7 Å². The lowest BCUT2D eigenvalue weighted by Crippen LogP contribution is -2.35. The van der Waals surface area contributed by atoms with E-state index < -0.39 is 24.6 Å². The lowest BCUT2D eigenvalue weighted by atomic mass is 10.1. The Bertz CT molecular complexity index is 701. The topological polar surface area (TPSA) is 97.3 Å². The van der Waals surface area contributed by atoms with Crippen molar-refractivity contribution in [2.24, 2.45) is 0 Å². The second kappa shape index (κ2) is 9.11. The summed E-state index contributed by atoms with van der Waals surface area (Å²) in [6.07, 6.45) is -3.36. The molecule has 1 amide bonds. The summed E-state index contributed by atoms with van der Waals surface area (Å²) >= 11 is 1.39. The van der Waals surface area contributed by atoms with Crippen molar-refractivity contribution in [2.75, 3.05) is 19.8 Å². The quantitative estimate of drug-likeness (QED) is 0.682. The predicted octanol–water partition coefficient (Wildman–Crippen LogP) is 2.11. The molecule has 0 aliphatic carbocycles. The molecule has 140 valence electrons. The molecule has 2 unspecified atom stereocenters. The van der Waals surface area contributed by atoms with E-state index in [0.717, 1.165) is 10.4 Å². The summed E-state index contributed by atoms with van der Waals surface area (Å²) in [5.41, 5.74) is 1.42. The van der Waals surface area contributed by atoms with Crippen LogP contribution in [0, 0.1) is 0 Å². The number of hydrogen-bond acceptors (Lipinski definition) is 7. The van der Waals surface area contributed by atoms with Gasteiger partial charge >= 0.3 is 6.09 Å². The summed E-state index contributed by atoms with van der Waals surface area (Å²) < 4.78 is 15.9. The number of carbonyl (C=O) groups excluding carboxylic acids is 1. The molecule has 1 aliphatic rings. The van der Waals surface area contributed by atoms with Crippen molar-refractivity contribution in [3.05, 3.63) is 57.8 Å². The highest BCUT2D eigenvalue weighted by Gasteiger charge is 2.24. The Morgan fingerprint density at radius 2 is 2.00 bits per heavy atom. The van der Waals surface area contributed by atoms with Gasteiger partial charge in [-0.15, -0.1) is 11.3 Å². The number of aliphatic hydroxyl groups is 2. The van der Waals surface area contributed by atoms with Crippen LogP contribution in [0.2, 0.25) is 0 Å². The second-order valence-corrected chi connectivity index (χ2v) is 6.75. The monoisotopic (exact) mass is 379 g/mol. The molecular formula is C18H21NO6S. The van der Waals surface area contributed by atoms with Crippen molar-refractivity contribution in [3.8, 4) is 0 Å². The van der Waals surface area contributed by atoms with Crippen LogP contribution in [-0.4, -0.2) is 42.2 Å². The lowest BCUT2D eigenvalue weighted by Gasteiger charge is -2.17. The molecule has 0 spiro atoms. The Morgan fingerprint density at radius 3 is 2.73 bits per heavy atom. The van der Waals surface area contributed by atoms with Crippen LogP contribution in [0.3, 0.4) is 0 Å². The summed E-state index contributed by atoms with van der Waals surface area (Å²) in [5.74, 6) is 0. The van der Waals surface area contributed by atoms with Crippen molar-refractivity contribution in [1.82, 2.24) is 5.32 Å². The molecular weight excluding hydrogens is 358 g/mol. The number of nitrogens with one attached hydrogen (secondary N) is 1. The van der Waals surface area contributed by atoms with Crippen LogP contribution in [0.5, 0.6) is 0 Å². The van der Waals surface area contributed by atoms with Gasteiger partial charge in [-0.3, -0.25) is 0 Å². The van der Waals surface area contributed by atoms with Crippen molar-refractivity contribution < 1.29 is 29.2 Å². The fourth-order valence-electron chi connectivity index (χ4n) is 2.47. The Morgan fingerprint density at radius 1 is 1.27 bits per heavy atom. The van der Waals surface area contributed by atoms with Gasteiger partial charge in [0.1, 0.15) is 18.8 Å². The highest BCUT2D eigenvalue weighted by Crippen LogP contribution is 2.31. The predicted molar refractivity (Wildman–Crippen MR) is 94.6 cm³/mol. The van der Waals surface area contributed by atoms with Gasteiger partial charge in [-0.05, 0) is 22.6 Å². The van der Waals surface area contributed by atoms with Crippen molar-refractivity contribution >= 4 is 17.4 Å². The molecule has 2 heterocycles. The molecule has 1 aromatic heterocycles. The molecule has 26 heavy (non-hydrogen) atoms. The zero-order chi connectivity index (χ0) is 18.4. The first-order valence-electron chi connectivity index (χ1n) is 8.25. The van der Waals surface area contributed by atoms with E-state index in [1.165, 1.54) is 11.3 Å². The normalized spacial score (nSPS) is 17.0. The molecule has 0 saturated carbocycles. The number of thiophene rings is 1. The molecule has 1 saturated heterocycles. The number of rotatable bonds is 7. The van der Waals surface area contributed by atoms with Gasteiger partial charge in [0.15, 0.2) is 6.29 Å². The fraction of sp³-hybridized carbons (Fsp3) is 0.389. The van der Waals surface area contributed by atoms with Crippen LogP contribution in [0.25, 0.3) is 0 Å². The van der Waals surface area contributed by atoms with E-state index in [4.69, 9.17) is 14.2 Å². The van der Waals surface area contributed by atoms with Crippen LogP contribution < -0.4 is 5.32 Å². The molecule has 0 radical (unpaired) electrons. The average molecular weight is 379 g/mol. The third-order valence-corrected chi connectivity index (χ3v) is 4.84. The average Bonchev–Trinajstić information content (AvgIpc) is 3.36. The zero-order valence-corrected chi connectivity index (χ0v) is 14.9. The molecule has 1 aliphatic heterocycles. The summed E-state index contributed by atoms with van der Waals surface area (Å²) in [6.45, 7) is 1.09. The number of alkyl carbamates (subject to hydrolysis) is 1. The minimum absolute atomic E-state index is 0.129. The largest absolute Gasteiger partial charge is 0.445 e. The SMILES string of the molecule is O=C(NCC(O)C(O)c1csc(C2OCCO2)c1)OCc1ccccc1. The van der Waals surface area contributed by atoms with Gasteiger partial charge in [-0.25, -0.2) is 4.79 Å². The maximum absolute atomic E-state index is 11.7. The first kappa shape index (κ1) is 18.8. The van der Waals surface area contributed by atoms with E-state index in [1.54, 1.807) is 11.4 Å². The standard InChI is InChI=1S/C18H21NO6S/c20-14(9-19-18(22)25-10-12-4-2-1-3-5-12)16(21)13-8-15(26-11-13)17-23-6-7-24-17/h1-5,8,11,14,16-17,20-21H,6-7,9-10H2,(H,19,22). The highest BCUT2D eigenvalue weighted by atomic mass is 32.1. The number of carbonyl (C=O) groups is 1. The molecule has 1 fully saturated rings. The van der Waals surface area contributed by atoms with E-state index in [-0.39, 0.29) is 13.2 Å². The van der Waals surface area contributed by atoms with E-state index >= 15 is 0 Å². The molecule has 2 aromatic rings. The van der Waals surface area contributed by atoms with Gasteiger partial charge in [0.2, 0.25) is 0 Å². The second-order valence-electron chi connectivity index (χ2n) is 5.81. The van der Waals surface area contributed by atoms with Gasteiger partial charge in [0.25, 0.3) is 0 Å². The van der Waals surface area contributed by atoms with Gasteiger partial charge in [-0.1, -0.05) is 30.3 Å². The maximum atomic E-state index is 11.7. The highest BCUT2D eigenvalue weighted by molar-refractivity contribution is 7.10. The number of amides is 1. The number of hydrogen-bond donors (Lipinski definition) is 3. The minimum atomic E-state index is -1.16. The molecule has 8 heteroatoms. The molecule has 3 rings (SSSR count). The third-order valence-electron chi connectivity index (χ3n) is 3.87. The third kappa shape index (κ3) is 5.03. The maximum Gasteiger partial charge on any atom is 0.407 e. The van der Waals surface area contributed by atoms with Gasteiger partial charge in [0.05, 0.1) is 18.1 Å². The molecule has 2 atom stereocenters. The summed E-state index contributed by atoms with van der Waals surface area (Å²) in [7, 11) is 0. The van der Waals surface area contributed by atoms with Crippen LogP contribution in [0.15, 0.2) is 41.8 Å². The van der Waals surface area contributed by atoms with Crippen molar-refractivity contribution in [3.63, 3.8) is 0 Å². The zero-order valence-electron chi connectivity index (χ0n) is 14.0. The number of benzene rings is 1. The number of ether oxygens (including phenoxy) is 3. The van der Waals surface area contributed by atoms with Crippen molar-refractivity contribution in [1.29, 1.82) is 0 Å². The van der Waals surface area contributed by atoms with Crippen LogP contribution in [0.4, 0.5) is 4.79 Å². The smallest absolute Gasteiger partial charge is 0.407 e. The van der Waals surface area contributed by atoms with Crippen LogP contribution >= 0.6 is 11.3 Å². The summed E-state index contributed by atoms with van der Waals surface area (Å²) in [6, 6.07) is 11.0. The summed E-state index contributed by atoms with van der Waals surface area (Å²) in [5, 5.41) is 24.5. The molecule has 1 aromatic carbocycles. The Kier molecular flexibility index (Phi) is 6.59. The first-order chi connectivity index (χ1) is 12.6. The van der Waals surface area contributed by atoms with E-state index in [0.29, 0.717) is 18.8 Å². The lowest BCUT2D eigenvalue weighted by molar-refractivity contribution is -0.0415. The molecule has 3 N–H and O–H groups in total. The fourth-order valence-corrected chi connectivity index (χ4v) is 3.40. The van der Waals surface area contributed by atoms with E-state index in [2.05, 4.69) is 5.32 Å². The molecule has 7 nitrogen and oxygen atoms in total. The minimum Gasteiger partial charge on any atom is -0.445 e. The van der Waals surface area contributed by atoms with Gasteiger partial charge in [-0.2, -0.15) is 0 Å². The molecule has 0 bridgehead atoms. The first-order valence-corrected chi connectivity index (χ1v) is 9.13. The van der Waals surface area contributed by atoms with Crippen molar-refractivity contribution in [2.45, 2.75) is 25.1 Å². The van der Waals surface area contributed by atoms with Crippen LogP contribution in [-0.2, 0) is 20.8 Å².